The van der Waals surface area contributed by atoms with Gasteiger partial charge in [0, 0.05) is 26.2 Å². The number of hydrazine groups is 1. The predicted octanol–water partition coefficient (Wildman–Crippen LogP) is 0.638. The fourth-order valence-electron chi connectivity index (χ4n) is 3.02. The van der Waals surface area contributed by atoms with Gasteiger partial charge in [0.25, 0.3) is 0 Å². The van der Waals surface area contributed by atoms with Gasteiger partial charge in [0.15, 0.2) is 0 Å². The minimum Gasteiger partial charge on any atom is -0.378 e. The third-order valence-corrected chi connectivity index (χ3v) is 4.55. The Bertz CT molecular complexity index is 644. The maximum absolute atomic E-state index is 13.1. The van der Waals surface area contributed by atoms with Gasteiger partial charge >= 0.3 is 12.1 Å². The first-order valence-corrected chi connectivity index (χ1v) is 9.00. The molecule has 0 aliphatic carbocycles. The number of nitrogens with one attached hydrogen (secondary N) is 1. The molecule has 0 aromatic heterocycles. The molecule has 4 amide bonds. The van der Waals surface area contributed by atoms with Gasteiger partial charge in [-0.1, -0.05) is 30.3 Å². The van der Waals surface area contributed by atoms with Crippen LogP contribution in [0.1, 0.15) is 11.6 Å². The van der Waals surface area contributed by atoms with Crippen LogP contribution in [-0.4, -0.2) is 85.8 Å². The molecule has 2 aliphatic heterocycles. The van der Waals surface area contributed by atoms with E-state index in [4.69, 9.17) is 9.47 Å². The van der Waals surface area contributed by atoms with E-state index in [1.807, 2.05) is 6.07 Å². The van der Waals surface area contributed by atoms with Crippen molar-refractivity contribution in [3.63, 3.8) is 0 Å². The van der Waals surface area contributed by atoms with Gasteiger partial charge in [-0.2, -0.15) is 0 Å². The van der Waals surface area contributed by atoms with E-state index in [1.165, 1.54) is 0 Å². The summed E-state index contributed by atoms with van der Waals surface area (Å²) in [5.41, 5.74) is 3.26. The summed E-state index contributed by atoms with van der Waals surface area (Å²) >= 11 is 0. The van der Waals surface area contributed by atoms with Crippen molar-refractivity contribution in [1.82, 2.24) is 20.2 Å². The Labute approximate surface area is 157 Å². The number of carbonyl (C=O) groups excluding carboxylic acids is 3. The Morgan fingerprint density at radius 3 is 2.07 bits per heavy atom. The largest absolute Gasteiger partial charge is 0.378 e. The first kappa shape index (κ1) is 19.1. The van der Waals surface area contributed by atoms with Gasteiger partial charge in [-0.3, -0.25) is 0 Å². The quantitative estimate of drug-likeness (QED) is 0.617. The van der Waals surface area contributed by atoms with E-state index in [9.17, 15) is 14.4 Å². The van der Waals surface area contributed by atoms with Gasteiger partial charge in [0.2, 0.25) is 0 Å². The Balaban J connectivity index is 1.81. The number of morpholine rings is 2. The minimum absolute atomic E-state index is 0.406. The van der Waals surface area contributed by atoms with Gasteiger partial charge in [-0.25, -0.2) is 20.0 Å². The molecular weight excluding hydrogens is 352 g/mol. The third kappa shape index (κ3) is 4.75. The smallest absolute Gasteiger partial charge is 0.339 e. The van der Waals surface area contributed by atoms with E-state index in [0.717, 1.165) is 5.01 Å². The summed E-state index contributed by atoms with van der Waals surface area (Å²) in [5.74, 6) is 0. The number of benzene rings is 1. The van der Waals surface area contributed by atoms with Crippen molar-refractivity contribution in [3.05, 3.63) is 35.9 Å². The lowest BCUT2D eigenvalue weighted by atomic mass is 10.1. The highest BCUT2D eigenvalue weighted by Crippen LogP contribution is 2.19. The molecular formula is C18H24N4O5. The molecule has 0 spiro atoms. The average molecular weight is 376 g/mol. The molecule has 1 aromatic rings. The second kappa shape index (κ2) is 9.33. The highest BCUT2D eigenvalue weighted by Gasteiger charge is 2.32. The van der Waals surface area contributed by atoms with Crippen molar-refractivity contribution in [2.24, 2.45) is 0 Å². The van der Waals surface area contributed by atoms with Gasteiger partial charge in [0.1, 0.15) is 12.3 Å². The molecule has 1 atom stereocenters. The lowest BCUT2D eigenvalue weighted by Crippen LogP contribution is -2.59. The maximum Gasteiger partial charge on any atom is 0.339 e. The van der Waals surface area contributed by atoms with Crippen LogP contribution in [0.4, 0.5) is 9.59 Å². The second-order valence-corrected chi connectivity index (χ2v) is 6.26. The van der Waals surface area contributed by atoms with E-state index in [0.29, 0.717) is 64.5 Å². The molecule has 27 heavy (non-hydrogen) atoms. The summed E-state index contributed by atoms with van der Waals surface area (Å²) in [7, 11) is 0. The molecule has 0 saturated carbocycles. The van der Waals surface area contributed by atoms with Crippen molar-refractivity contribution >= 4 is 18.3 Å². The second-order valence-electron chi connectivity index (χ2n) is 6.26. The molecule has 0 unspecified atom stereocenters. The average Bonchev–Trinajstić information content (AvgIpc) is 2.75. The number of aldehydes is 1. The summed E-state index contributed by atoms with van der Waals surface area (Å²) < 4.78 is 10.5. The molecule has 2 fully saturated rings. The van der Waals surface area contributed by atoms with Crippen molar-refractivity contribution in [2.75, 3.05) is 52.6 Å². The zero-order chi connectivity index (χ0) is 19.1. The summed E-state index contributed by atoms with van der Waals surface area (Å²) in [6.45, 7) is 3.42. The van der Waals surface area contributed by atoms with Crippen LogP contribution in [0.25, 0.3) is 0 Å². The van der Waals surface area contributed by atoms with E-state index in [-0.39, 0.29) is 0 Å². The molecule has 2 aliphatic rings. The van der Waals surface area contributed by atoms with Gasteiger partial charge in [-0.05, 0) is 5.56 Å². The van der Waals surface area contributed by atoms with Crippen LogP contribution in [0.15, 0.2) is 30.3 Å². The number of urea groups is 2. The van der Waals surface area contributed by atoms with Crippen molar-refractivity contribution < 1.29 is 23.9 Å². The molecule has 1 aromatic carbocycles. The van der Waals surface area contributed by atoms with Crippen LogP contribution in [0.3, 0.4) is 0 Å². The van der Waals surface area contributed by atoms with Gasteiger partial charge < -0.3 is 24.1 Å². The van der Waals surface area contributed by atoms with E-state index >= 15 is 0 Å². The Morgan fingerprint density at radius 2 is 1.52 bits per heavy atom. The number of hydrogen-bond acceptors (Lipinski definition) is 5. The molecule has 9 nitrogen and oxygen atoms in total. The number of hydrogen-bond donors (Lipinski definition) is 1. The normalized spacial score (nSPS) is 18.5. The van der Waals surface area contributed by atoms with Crippen molar-refractivity contribution in [3.8, 4) is 0 Å². The topological polar surface area (TPSA) is 91.4 Å². The van der Waals surface area contributed by atoms with Gasteiger partial charge in [-0.15, -0.1) is 0 Å². The molecule has 146 valence electrons. The number of rotatable bonds is 3. The van der Waals surface area contributed by atoms with Crippen LogP contribution in [0, 0.1) is 0 Å². The summed E-state index contributed by atoms with van der Waals surface area (Å²) in [5, 5.41) is 1.12. The highest BCUT2D eigenvalue weighted by molar-refractivity contribution is 5.83. The lowest BCUT2D eigenvalue weighted by Gasteiger charge is -2.37. The van der Waals surface area contributed by atoms with Crippen LogP contribution in [0.2, 0.25) is 0 Å². The van der Waals surface area contributed by atoms with Crippen LogP contribution in [0.5, 0.6) is 0 Å². The summed E-state index contributed by atoms with van der Waals surface area (Å²) in [6, 6.07) is 7.11. The predicted molar refractivity (Wildman–Crippen MR) is 95.8 cm³/mol. The first-order valence-electron chi connectivity index (χ1n) is 9.00. The lowest BCUT2D eigenvalue weighted by molar-refractivity contribution is -0.112. The van der Waals surface area contributed by atoms with Crippen molar-refractivity contribution in [2.45, 2.75) is 6.04 Å². The summed E-state index contributed by atoms with van der Waals surface area (Å²) in [6.07, 6.45) is 0.660. The SMILES string of the molecule is O=C[C@@H](c1ccccc1)N(NC(=O)N1CCOCC1)C(=O)N1CCOCC1. The molecule has 9 heteroatoms. The number of ether oxygens (including phenoxy) is 2. The van der Waals surface area contributed by atoms with Crippen LogP contribution < -0.4 is 5.43 Å². The first-order chi connectivity index (χ1) is 13.2. The van der Waals surface area contributed by atoms with Crippen LogP contribution in [-0.2, 0) is 14.3 Å². The van der Waals surface area contributed by atoms with Gasteiger partial charge in [0.05, 0.1) is 26.4 Å². The Morgan fingerprint density at radius 1 is 0.963 bits per heavy atom. The minimum atomic E-state index is -0.925. The fourth-order valence-corrected chi connectivity index (χ4v) is 3.02. The number of nitrogens with zero attached hydrogens (tertiary/aromatic N) is 3. The molecule has 2 heterocycles. The van der Waals surface area contributed by atoms with E-state index in [2.05, 4.69) is 5.43 Å². The molecule has 3 rings (SSSR count). The van der Waals surface area contributed by atoms with Crippen LogP contribution >= 0.6 is 0 Å². The highest BCUT2D eigenvalue weighted by atomic mass is 16.5. The fraction of sp³-hybridized carbons (Fsp3) is 0.500. The molecule has 2 saturated heterocycles. The summed E-state index contributed by atoms with van der Waals surface area (Å²) in [4.78, 5) is 40.7. The Hall–Kier alpha value is -2.65. The van der Waals surface area contributed by atoms with E-state index < -0.39 is 18.1 Å². The number of amides is 4. The molecule has 0 radical (unpaired) electrons. The molecule has 1 N–H and O–H groups in total. The maximum atomic E-state index is 13.1. The Kier molecular flexibility index (Phi) is 6.61. The third-order valence-electron chi connectivity index (χ3n) is 4.55. The zero-order valence-electron chi connectivity index (χ0n) is 15.1. The molecule has 0 bridgehead atoms. The van der Waals surface area contributed by atoms with E-state index in [1.54, 1.807) is 34.1 Å². The van der Waals surface area contributed by atoms with Crippen molar-refractivity contribution in [1.29, 1.82) is 0 Å². The monoisotopic (exact) mass is 376 g/mol. The zero-order valence-corrected chi connectivity index (χ0v) is 15.1. The number of carbonyl (C=O) groups is 3. The standard InChI is InChI=1S/C18H24N4O5/c23-14-16(15-4-2-1-3-5-15)22(18(25)21-8-12-27-13-9-21)19-17(24)20-6-10-26-11-7-20/h1-5,14,16H,6-13H2,(H,19,24)/t16-/m0/s1.